The van der Waals surface area contributed by atoms with Crippen molar-refractivity contribution in [1.29, 1.82) is 0 Å². The molecule has 0 unspecified atom stereocenters. The molecule has 6 nitrogen and oxygen atoms in total. The topological polar surface area (TPSA) is 62.7 Å². The third kappa shape index (κ3) is 3.75. The summed E-state index contributed by atoms with van der Waals surface area (Å²) in [6, 6.07) is 3.12. The molecule has 0 spiro atoms. The molecule has 22 heavy (non-hydrogen) atoms. The Hall–Kier alpha value is -2.11. The van der Waals surface area contributed by atoms with Crippen molar-refractivity contribution in [3.8, 4) is 0 Å². The van der Waals surface area contributed by atoms with Crippen LogP contribution in [-0.2, 0) is 9.53 Å². The third-order valence-electron chi connectivity index (χ3n) is 3.53. The highest BCUT2D eigenvalue weighted by atomic mass is 16.6. The van der Waals surface area contributed by atoms with E-state index in [9.17, 15) is 9.59 Å². The van der Waals surface area contributed by atoms with Crippen LogP contribution in [0.25, 0.3) is 0 Å². The number of amides is 2. The quantitative estimate of drug-likeness (QED) is 0.842. The second kappa shape index (κ2) is 6.34. The molecule has 1 aliphatic rings. The van der Waals surface area contributed by atoms with Crippen molar-refractivity contribution in [1.82, 2.24) is 9.88 Å². The smallest absolute Gasteiger partial charge is 0.410 e. The van der Waals surface area contributed by atoms with Gasteiger partial charge in [-0.15, -0.1) is 0 Å². The van der Waals surface area contributed by atoms with E-state index in [1.807, 2.05) is 26.8 Å². The van der Waals surface area contributed by atoms with E-state index in [0.29, 0.717) is 18.7 Å². The molecule has 1 aromatic rings. The highest BCUT2D eigenvalue weighted by molar-refractivity contribution is 5.98. The summed E-state index contributed by atoms with van der Waals surface area (Å²) in [5.74, 6) is -0.114. The summed E-state index contributed by atoms with van der Waals surface area (Å²) in [7, 11) is 1.70. The maximum atomic E-state index is 12.7. The van der Waals surface area contributed by atoms with Crippen molar-refractivity contribution < 1.29 is 14.3 Å². The normalized spacial score (nSPS) is 18.2. The van der Waals surface area contributed by atoms with E-state index in [4.69, 9.17) is 4.74 Å². The molecule has 0 bridgehead atoms. The van der Waals surface area contributed by atoms with Crippen LogP contribution < -0.4 is 4.90 Å². The number of ether oxygens (including phenoxy) is 1. The molecule has 2 rings (SSSR count). The monoisotopic (exact) mass is 305 g/mol. The number of rotatable bonds is 2. The zero-order valence-electron chi connectivity index (χ0n) is 13.6. The number of nitrogens with zero attached hydrogens (tertiary/aromatic N) is 3. The Kier molecular flexibility index (Phi) is 4.68. The van der Waals surface area contributed by atoms with Gasteiger partial charge in [0.2, 0.25) is 5.91 Å². The number of aromatic nitrogens is 1. The van der Waals surface area contributed by atoms with Crippen LogP contribution in [0, 0.1) is 0 Å². The van der Waals surface area contributed by atoms with Gasteiger partial charge in [-0.05, 0) is 45.7 Å². The van der Waals surface area contributed by atoms with Crippen molar-refractivity contribution in [3.05, 3.63) is 24.5 Å². The molecule has 6 heteroatoms. The molecule has 0 N–H and O–H groups in total. The number of carbonyl (C=O) groups excluding carboxylic acids is 2. The van der Waals surface area contributed by atoms with Crippen LogP contribution in [-0.4, -0.2) is 47.1 Å². The third-order valence-corrected chi connectivity index (χ3v) is 3.53. The SMILES string of the molecule is CN(C(=O)[C@H]1CCCN1C(=O)OC(C)(C)C)c1cccnc1. The largest absolute Gasteiger partial charge is 0.444 e. The lowest BCUT2D eigenvalue weighted by Gasteiger charge is -2.30. The van der Waals surface area contributed by atoms with Gasteiger partial charge in [-0.25, -0.2) is 4.79 Å². The Balaban J connectivity index is 2.10. The molecule has 0 aliphatic carbocycles. The van der Waals surface area contributed by atoms with E-state index in [-0.39, 0.29) is 5.91 Å². The Morgan fingerprint density at radius 1 is 1.41 bits per heavy atom. The Bertz CT molecular complexity index is 539. The summed E-state index contributed by atoms with van der Waals surface area (Å²) in [5.41, 5.74) is 0.145. The summed E-state index contributed by atoms with van der Waals surface area (Å²) >= 11 is 0. The summed E-state index contributed by atoms with van der Waals surface area (Å²) in [5, 5.41) is 0. The van der Waals surface area contributed by atoms with Crippen molar-refractivity contribution >= 4 is 17.7 Å². The molecule has 2 heterocycles. The number of anilines is 1. The van der Waals surface area contributed by atoms with Crippen molar-refractivity contribution in [2.24, 2.45) is 0 Å². The summed E-state index contributed by atoms with van der Waals surface area (Å²) in [6.07, 6.45) is 4.32. The first-order chi connectivity index (χ1) is 10.3. The van der Waals surface area contributed by atoms with Crippen molar-refractivity contribution in [2.45, 2.75) is 45.3 Å². The lowest BCUT2D eigenvalue weighted by Crippen LogP contribution is -2.48. The fourth-order valence-electron chi connectivity index (χ4n) is 2.47. The number of hydrogen-bond donors (Lipinski definition) is 0. The van der Waals surface area contributed by atoms with Crippen LogP contribution >= 0.6 is 0 Å². The van der Waals surface area contributed by atoms with Gasteiger partial charge in [-0.3, -0.25) is 14.7 Å². The van der Waals surface area contributed by atoms with Crippen LogP contribution in [0.3, 0.4) is 0 Å². The predicted molar refractivity (Wildman–Crippen MR) is 83.6 cm³/mol. The molecule has 0 saturated carbocycles. The first-order valence-electron chi connectivity index (χ1n) is 7.47. The van der Waals surface area contributed by atoms with Gasteiger partial charge in [0.05, 0.1) is 11.9 Å². The zero-order valence-corrected chi connectivity index (χ0v) is 13.6. The average Bonchev–Trinajstić information content (AvgIpc) is 2.94. The molecule has 1 aromatic heterocycles. The Morgan fingerprint density at radius 2 is 2.14 bits per heavy atom. The minimum absolute atomic E-state index is 0.114. The summed E-state index contributed by atoms with van der Waals surface area (Å²) < 4.78 is 5.39. The molecule has 2 amide bonds. The molecular weight excluding hydrogens is 282 g/mol. The predicted octanol–water partition coefficient (Wildman–Crippen LogP) is 2.44. The lowest BCUT2D eigenvalue weighted by atomic mass is 10.2. The molecule has 1 fully saturated rings. The average molecular weight is 305 g/mol. The van der Waals surface area contributed by atoms with Crippen molar-refractivity contribution in [3.63, 3.8) is 0 Å². The molecule has 0 aromatic carbocycles. The van der Waals surface area contributed by atoms with E-state index < -0.39 is 17.7 Å². The van der Waals surface area contributed by atoms with Gasteiger partial charge in [0.1, 0.15) is 11.6 Å². The van der Waals surface area contributed by atoms with E-state index in [1.54, 1.807) is 30.4 Å². The number of carbonyl (C=O) groups is 2. The van der Waals surface area contributed by atoms with Crippen LogP contribution in [0.4, 0.5) is 10.5 Å². The standard InChI is InChI=1S/C16H23N3O3/c1-16(2,3)22-15(21)19-10-6-8-13(19)14(20)18(4)12-7-5-9-17-11-12/h5,7,9,11,13H,6,8,10H2,1-4H3/t13-/m1/s1. The number of likely N-dealkylation sites (N-methyl/N-ethyl adjacent to an activating group) is 1. The number of likely N-dealkylation sites (tertiary alicyclic amines) is 1. The van der Waals surface area contributed by atoms with Gasteiger partial charge in [-0.2, -0.15) is 0 Å². The number of hydrogen-bond acceptors (Lipinski definition) is 4. The van der Waals surface area contributed by atoms with E-state index in [2.05, 4.69) is 4.98 Å². The minimum Gasteiger partial charge on any atom is -0.444 e. The van der Waals surface area contributed by atoms with Crippen molar-refractivity contribution in [2.75, 3.05) is 18.5 Å². The lowest BCUT2D eigenvalue weighted by molar-refractivity contribution is -0.122. The highest BCUT2D eigenvalue weighted by Gasteiger charge is 2.38. The fraction of sp³-hybridized carbons (Fsp3) is 0.562. The molecule has 1 atom stereocenters. The van der Waals surface area contributed by atoms with Gasteiger partial charge < -0.3 is 9.64 Å². The second-order valence-electron chi connectivity index (χ2n) is 6.44. The Morgan fingerprint density at radius 3 is 2.73 bits per heavy atom. The highest BCUT2D eigenvalue weighted by Crippen LogP contribution is 2.23. The maximum absolute atomic E-state index is 12.7. The van der Waals surface area contributed by atoms with Gasteiger partial charge in [0.25, 0.3) is 0 Å². The molecular formula is C16H23N3O3. The second-order valence-corrected chi connectivity index (χ2v) is 6.44. The van der Waals surface area contributed by atoms with Gasteiger partial charge in [-0.1, -0.05) is 0 Å². The minimum atomic E-state index is -0.567. The molecule has 120 valence electrons. The van der Waals surface area contributed by atoms with Gasteiger partial charge >= 0.3 is 6.09 Å². The van der Waals surface area contributed by atoms with E-state index in [0.717, 1.165) is 6.42 Å². The van der Waals surface area contributed by atoms with E-state index >= 15 is 0 Å². The first-order valence-corrected chi connectivity index (χ1v) is 7.47. The number of pyridine rings is 1. The van der Waals surface area contributed by atoms with Crippen LogP contribution in [0.1, 0.15) is 33.6 Å². The van der Waals surface area contributed by atoms with Gasteiger partial charge in [0.15, 0.2) is 0 Å². The molecule has 0 radical (unpaired) electrons. The summed E-state index contributed by atoms with van der Waals surface area (Å²) in [4.78, 5) is 32.0. The van der Waals surface area contributed by atoms with E-state index in [1.165, 1.54) is 4.90 Å². The molecule has 1 aliphatic heterocycles. The maximum Gasteiger partial charge on any atom is 0.410 e. The molecule has 1 saturated heterocycles. The Labute approximate surface area is 131 Å². The van der Waals surface area contributed by atoms with Crippen LogP contribution in [0.5, 0.6) is 0 Å². The van der Waals surface area contributed by atoms with Crippen LogP contribution in [0.2, 0.25) is 0 Å². The van der Waals surface area contributed by atoms with Crippen LogP contribution in [0.15, 0.2) is 24.5 Å². The van der Waals surface area contributed by atoms with Gasteiger partial charge in [0, 0.05) is 19.8 Å². The fourth-order valence-corrected chi connectivity index (χ4v) is 2.47. The summed E-state index contributed by atoms with van der Waals surface area (Å²) in [6.45, 7) is 6.00. The zero-order chi connectivity index (χ0) is 16.3. The first kappa shape index (κ1) is 16.3.